The highest BCUT2D eigenvalue weighted by molar-refractivity contribution is 8.15. The molecule has 2 aliphatic heterocycles. The molecule has 1 aromatic rings. The number of para-hydroxylation sites is 1. The molecule has 0 radical (unpaired) electrons. The second-order valence-electron chi connectivity index (χ2n) is 5.43. The second kappa shape index (κ2) is 6.54. The topological polar surface area (TPSA) is 74.1 Å². The van der Waals surface area contributed by atoms with E-state index in [2.05, 4.69) is 22.4 Å². The second-order valence-corrected chi connectivity index (χ2v) is 6.74. The van der Waals surface area contributed by atoms with Gasteiger partial charge in [-0.2, -0.15) is 0 Å². The van der Waals surface area contributed by atoms with Gasteiger partial charge in [0.05, 0.1) is 10.9 Å². The quantitative estimate of drug-likeness (QED) is 0.862. The summed E-state index contributed by atoms with van der Waals surface area (Å²) in [7, 11) is 0. The number of thioether (sulfide) groups is 1. The Hall–Kier alpha value is -2.15. The van der Waals surface area contributed by atoms with Crippen LogP contribution < -0.4 is 5.32 Å². The fourth-order valence-corrected chi connectivity index (χ4v) is 3.42. The van der Waals surface area contributed by atoms with E-state index in [4.69, 9.17) is 0 Å². The Morgan fingerprint density at radius 2 is 2.04 bits per heavy atom. The number of hydrogen-bond donors (Lipinski definition) is 1. The van der Waals surface area contributed by atoms with Gasteiger partial charge in [-0.25, -0.2) is 0 Å². The molecule has 2 aliphatic rings. The first-order valence-electron chi connectivity index (χ1n) is 7.66. The van der Waals surface area contributed by atoms with Crippen molar-refractivity contribution < 1.29 is 9.59 Å². The smallest absolute Gasteiger partial charge is 0.276 e. The number of carbonyl (C=O) groups excluding carboxylic acids is 2. The molecule has 6 nitrogen and oxygen atoms in total. The molecule has 0 aliphatic carbocycles. The third-order valence-corrected chi connectivity index (χ3v) is 4.81. The van der Waals surface area contributed by atoms with Crippen molar-refractivity contribution in [2.24, 2.45) is 10.2 Å². The SMILES string of the molecule is CCCCN1C(=O)C(C)S/C1=N\N=C1/C(=O)Nc2ccccc21. The van der Waals surface area contributed by atoms with Gasteiger partial charge in [0.1, 0.15) is 0 Å². The van der Waals surface area contributed by atoms with Crippen LogP contribution in [-0.4, -0.2) is 39.4 Å². The van der Waals surface area contributed by atoms with Gasteiger partial charge in [0, 0.05) is 12.1 Å². The summed E-state index contributed by atoms with van der Waals surface area (Å²) < 4.78 is 0. The summed E-state index contributed by atoms with van der Waals surface area (Å²) in [6, 6.07) is 7.36. The summed E-state index contributed by atoms with van der Waals surface area (Å²) in [5.74, 6) is -0.211. The molecular formula is C16H18N4O2S. The summed E-state index contributed by atoms with van der Waals surface area (Å²) in [6.07, 6.45) is 1.92. The van der Waals surface area contributed by atoms with Crippen LogP contribution in [0.3, 0.4) is 0 Å². The molecule has 1 N–H and O–H groups in total. The third kappa shape index (κ3) is 3.01. The summed E-state index contributed by atoms with van der Waals surface area (Å²) in [4.78, 5) is 25.9. The number of anilines is 1. The average Bonchev–Trinajstić information content (AvgIpc) is 3.00. The Bertz CT molecular complexity index is 714. The molecule has 1 fully saturated rings. The van der Waals surface area contributed by atoms with Crippen molar-refractivity contribution in [1.82, 2.24) is 4.90 Å². The predicted molar refractivity (Wildman–Crippen MR) is 92.7 cm³/mol. The summed E-state index contributed by atoms with van der Waals surface area (Å²) in [5.41, 5.74) is 1.77. The number of nitrogens with zero attached hydrogens (tertiary/aromatic N) is 3. The van der Waals surface area contributed by atoms with Gasteiger partial charge in [-0.15, -0.1) is 10.2 Å². The Labute approximate surface area is 139 Å². The maximum atomic E-state index is 12.2. The Morgan fingerprint density at radius 1 is 1.26 bits per heavy atom. The number of nitrogens with one attached hydrogen (secondary N) is 1. The highest BCUT2D eigenvalue weighted by Crippen LogP contribution is 2.28. The standard InChI is InChI=1S/C16H18N4O2S/c1-3-4-9-20-15(22)10(2)23-16(20)19-18-13-11-7-5-6-8-12(11)17-14(13)21/h5-8,10H,3-4,9H2,1-2H3,(H,17,18,21)/b19-16-. The maximum absolute atomic E-state index is 12.2. The number of benzene rings is 1. The van der Waals surface area contributed by atoms with Crippen LogP contribution in [0.2, 0.25) is 0 Å². The van der Waals surface area contributed by atoms with Crippen molar-refractivity contribution in [2.45, 2.75) is 31.9 Å². The molecule has 2 amide bonds. The van der Waals surface area contributed by atoms with Gasteiger partial charge in [-0.05, 0) is 19.4 Å². The maximum Gasteiger partial charge on any atom is 0.276 e. The molecule has 23 heavy (non-hydrogen) atoms. The van der Waals surface area contributed by atoms with Gasteiger partial charge >= 0.3 is 0 Å². The zero-order valence-electron chi connectivity index (χ0n) is 13.1. The van der Waals surface area contributed by atoms with Crippen molar-refractivity contribution in [3.05, 3.63) is 29.8 Å². The number of unbranched alkanes of at least 4 members (excludes halogenated alkanes) is 1. The molecule has 0 spiro atoms. The summed E-state index contributed by atoms with van der Waals surface area (Å²) >= 11 is 1.39. The van der Waals surface area contributed by atoms with Gasteiger partial charge in [-0.1, -0.05) is 43.3 Å². The van der Waals surface area contributed by atoms with Crippen molar-refractivity contribution in [3.8, 4) is 0 Å². The highest BCUT2D eigenvalue weighted by Gasteiger charge is 2.35. The van der Waals surface area contributed by atoms with E-state index >= 15 is 0 Å². The van der Waals surface area contributed by atoms with E-state index in [-0.39, 0.29) is 22.8 Å². The number of rotatable bonds is 4. The van der Waals surface area contributed by atoms with Crippen LogP contribution in [0.15, 0.2) is 34.5 Å². The predicted octanol–water partition coefficient (Wildman–Crippen LogP) is 2.46. The fraction of sp³-hybridized carbons (Fsp3) is 0.375. The number of fused-ring (bicyclic) bond motifs is 1. The molecule has 0 bridgehead atoms. The Kier molecular flexibility index (Phi) is 4.47. The molecule has 1 saturated heterocycles. The van der Waals surface area contributed by atoms with Crippen LogP contribution >= 0.6 is 11.8 Å². The minimum absolute atomic E-state index is 0.0543. The molecule has 0 saturated carbocycles. The zero-order valence-corrected chi connectivity index (χ0v) is 13.9. The van der Waals surface area contributed by atoms with Crippen LogP contribution in [0.5, 0.6) is 0 Å². The lowest BCUT2D eigenvalue weighted by atomic mass is 10.1. The van der Waals surface area contributed by atoms with Gasteiger partial charge < -0.3 is 5.32 Å². The number of carbonyl (C=O) groups is 2. The monoisotopic (exact) mass is 330 g/mol. The molecule has 7 heteroatoms. The minimum Gasteiger partial charge on any atom is -0.320 e. The lowest BCUT2D eigenvalue weighted by Gasteiger charge is -2.14. The normalized spacial score (nSPS) is 23.7. The van der Waals surface area contributed by atoms with Gasteiger partial charge in [0.15, 0.2) is 10.9 Å². The first-order valence-corrected chi connectivity index (χ1v) is 8.54. The van der Waals surface area contributed by atoms with Crippen LogP contribution in [0.25, 0.3) is 0 Å². The van der Waals surface area contributed by atoms with Crippen LogP contribution in [0.4, 0.5) is 5.69 Å². The van der Waals surface area contributed by atoms with E-state index in [0.717, 1.165) is 24.1 Å². The van der Waals surface area contributed by atoms with E-state index in [0.29, 0.717) is 11.7 Å². The molecule has 1 aromatic carbocycles. The number of amides is 2. The van der Waals surface area contributed by atoms with E-state index in [1.165, 1.54) is 11.8 Å². The zero-order chi connectivity index (χ0) is 16.4. The molecule has 3 rings (SSSR count). The van der Waals surface area contributed by atoms with E-state index in [9.17, 15) is 9.59 Å². The largest absolute Gasteiger partial charge is 0.320 e. The van der Waals surface area contributed by atoms with Gasteiger partial charge in [0.25, 0.3) is 5.91 Å². The molecule has 0 aromatic heterocycles. The molecule has 1 unspecified atom stereocenters. The summed E-state index contributed by atoms with van der Waals surface area (Å²) in [5, 5.41) is 11.5. The molecule has 1 atom stereocenters. The minimum atomic E-state index is -0.266. The molecular weight excluding hydrogens is 312 g/mol. The van der Waals surface area contributed by atoms with Crippen molar-refractivity contribution >= 4 is 40.1 Å². The fourth-order valence-electron chi connectivity index (χ4n) is 2.48. The Balaban J connectivity index is 1.89. The first-order chi connectivity index (χ1) is 11.1. The lowest BCUT2D eigenvalue weighted by molar-refractivity contribution is -0.125. The molecule has 2 heterocycles. The third-order valence-electron chi connectivity index (χ3n) is 3.74. The Morgan fingerprint density at radius 3 is 2.83 bits per heavy atom. The van der Waals surface area contributed by atoms with E-state index in [1.54, 1.807) is 4.90 Å². The van der Waals surface area contributed by atoms with E-state index < -0.39 is 0 Å². The average molecular weight is 330 g/mol. The lowest BCUT2D eigenvalue weighted by Crippen LogP contribution is -2.32. The van der Waals surface area contributed by atoms with Crippen LogP contribution in [0, 0.1) is 0 Å². The van der Waals surface area contributed by atoms with Gasteiger partial charge in [0.2, 0.25) is 5.91 Å². The molecule has 120 valence electrons. The van der Waals surface area contributed by atoms with Gasteiger partial charge in [-0.3, -0.25) is 14.5 Å². The number of hydrogen-bond acceptors (Lipinski definition) is 5. The van der Waals surface area contributed by atoms with Crippen molar-refractivity contribution in [1.29, 1.82) is 0 Å². The number of amidine groups is 1. The van der Waals surface area contributed by atoms with Crippen LogP contribution in [-0.2, 0) is 9.59 Å². The highest BCUT2D eigenvalue weighted by atomic mass is 32.2. The van der Waals surface area contributed by atoms with Crippen LogP contribution in [0.1, 0.15) is 32.3 Å². The van der Waals surface area contributed by atoms with Crippen molar-refractivity contribution in [2.75, 3.05) is 11.9 Å². The van der Waals surface area contributed by atoms with E-state index in [1.807, 2.05) is 31.2 Å². The summed E-state index contributed by atoms with van der Waals surface area (Å²) in [6.45, 7) is 4.58. The van der Waals surface area contributed by atoms with Crippen molar-refractivity contribution in [3.63, 3.8) is 0 Å². The first kappa shape index (κ1) is 15.7.